The maximum absolute atomic E-state index is 13.3. The summed E-state index contributed by atoms with van der Waals surface area (Å²) in [6.45, 7) is 6.69. The van der Waals surface area contributed by atoms with E-state index in [1.807, 2.05) is 47.9 Å². The van der Waals surface area contributed by atoms with Gasteiger partial charge in [-0.05, 0) is 51.2 Å². The van der Waals surface area contributed by atoms with Gasteiger partial charge in [-0.25, -0.2) is 0 Å². The van der Waals surface area contributed by atoms with Crippen LogP contribution in [0.3, 0.4) is 0 Å². The van der Waals surface area contributed by atoms with Gasteiger partial charge in [0.1, 0.15) is 6.54 Å². The third-order valence-corrected chi connectivity index (χ3v) is 7.43. The highest BCUT2D eigenvalue weighted by molar-refractivity contribution is 6.31. The van der Waals surface area contributed by atoms with Crippen LogP contribution in [0.5, 0.6) is 0 Å². The molecule has 7 nitrogen and oxygen atoms in total. The molecule has 1 aromatic carbocycles. The molecule has 176 valence electrons. The van der Waals surface area contributed by atoms with E-state index in [4.69, 9.17) is 16.3 Å². The molecular weight excluding hydrogens is 440 g/mol. The third-order valence-electron chi connectivity index (χ3n) is 7.09. The zero-order chi connectivity index (χ0) is 23.1. The molecule has 3 aliphatic rings. The molecule has 2 fully saturated rings. The van der Waals surface area contributed by atoms with E-state index in [0.717, 1.165) is 47.5 Å². The van der Waals surface area contributed by atoms with Crippen molar-refractivity contribution in [3.05, 3.63) is 51.8 Å². The second-order valence-electron chi connectivity index (χ2n) is 9.60. The molecule has 2 aromatic rings. The Kier molecular flexibility index (Phi) is 6.18. The molecule has 2 amide bonds. The van der Waals surface area contributed by atoms with Crippen molar-refractivity contribution >= 4 is 23.4 Å². The number of carbonyl (C=O) groups is 2. The Hall–Kier alpha value is -2.38. The van der Waals surface area contributed by atoms with E-state index in [2.05, 4.69) is 5.10 Å². The monoisotopic (exact) mass is 470 g/mol. The molecule has 3 heterocycles. The molecule has 0 N–H and O–H groups in total. The zero-order valence-electron chi connectivity index (χ0n) is 19.3. The van der Waals surface area contributed by atoms with Gasteiger partial charge >= 0.3 is 0 Å². The smallest absolute Gasteiger partial charge is 0.274 e. The minimum absolute atomic E-state index is 0.00985. The number of ether oxygens (including phenoxy) is 1. The Balaban J connectivity index is 1.30. The SMILES string of the molecule is C[C@@H]1CN(C(=O)c2nn(CC(=O)N3CCC(c4ccccc4Cl)C3)c3c2CCC3)C[C@H](C)O1. The van der Waals surface area contributed by atoms with E-state index in [0.29, 0.717) is 31.9 Å². The first-order valence-corrected chi connectivity index (χ1v) is 12.3. The number of aromatic nitrogens is 2. The van der Waals surface area contributed by atoms with Gasteiger partial charge in [0.25, 0.3) is 5.91 Å². The van der Waals surface area contributed by atoms with Crippen LogP contribution < -0.4 is 0 Å². The van der Waals surface area contributed by atoms with Crippen LogP contribution in [-0.2, 0) is 28.9 Å². The average molecular weight is 471 g/mol. The highest BCUT2D eigenvalue weighted by Crippen LogP contribution is 2.32. The highest BCUT2D eigenvalue weighted by Gasteiger charge is 2.34. The van der Waals surface area contributed by atoms with E-state index in [9.17, 15) is 9.59 Å². The normalized spacial score (nSPS) is 24.9. The lowest BCUT2D eigenvalue weighted by atomic mass is 9.98. The predicted molar refractivity (Wildman–Crippen MR) is 126 cm³/mol. The topological polar surface area (TPSA) is 67.7 Å². The lowest BCUT2D eigenvalue weighted by Crippen LogP contribution is -2.48. The van der Waals surface area contributed by atoms with Crippen molar-refractivity contribution in [1.29, 1.82) is 0 Å². The highest BCUT2D eigenvalue weighted by atomic mass is 35.5. The summed E-state index contributed by atoms with van der Waals surface area (Å²) in [4.78, 5) is 30.2. The molecule has 1 aliphatic carbocycles. The van der Waals surface area contributed by atoms with Crippen molar-refractivity contribution in [2.75, 3.05) is 26.2 Å². The quantitative estimate of drug-likeness (QED) is 0.687. The molecule has 1 unspecified atom stereocenters. The summed E-state index contributed by atoms with van der Waals surface area (Å²) < 4.78 is 7.57. The molecule has 0 bridgehead atoms. The molecule has 0 spiro atoms. The van der Waals surface area contributed by atoms with E-state index in [1.54, 1.807) is 4.68 Å². The van der Waals surface area contributed by atoms with E-state index in [-0.39, 0.29) is 36.5 Å². The fourth-order valence-corrected chi connectivity index (χ4v) is 5.87. The van der Waals surface area contributed by atoms with Gasteiger partial charge in [-0.15, -0.1) is 0 Å². The number of nitrogens with zero attached hydrogens (tertiary/aromatic N) is 4. The average Bonchev–Trinajstić information content (AvgIpc) is 3.51. The number of morpholine rings is 1. The maximum Gasteiger partial charge on any atom is 0.274 e. The van der Waals surface area contributed by atoms with Crippen molar-refractivity contribution in [1.82, 2.24) is 19.6 Å². The first-order valence-electron chi connectivity index (χ1n) is 12.0. The second kappa shape index (κ2) is 9.11. The molecule has 2 aliphatic heterocycles. The predicted octanol–water partition coefficient (Wildman–Crippen LogP) is 3.29. The summed E-state index contributed by atoms with van der Waals surface area (Å²) in [5.41, 5.74) is 3.70. The van der Waals surface area contributed by atoms with Gasteiger partial charge in [0.2, 0.25) is 5.91 Å². The number of carbonyl (C=O) groups excluding carboxylic acids is 2. The fourth-order valence-electron chi connectivity index (χ4n) is 5.58. The summed E-state index contributed by atoms with van der Waals surface area (Å²) in [5, 5.41) is 5.44. The summed E-state index contributed by atoms with van der Waals surface area (Å²) >= 11 is 6.38. The number of fused-ring (bicyclic) bond motifs is 1. The zero-order valence-corrected chi connectivity index (χ0v) is 20.1. The first-order chi connectivity index (χ1) is 15.9. The standard InChI is InChI=1S/C25H31ClN4O3/c1-16-12-29(13-17(2)33-16)25(32)24-20-7-5-9-22(20)30(27-24)15-23(31)28-11-10-18(14-28)19-6-3-4-8-21(19)26/h3-4,6,8,16-18H,5,7,9-15H2,1-2H3/t16-,17+,18?. The van der Waals surface area contributed by atoms with Crippen molar-refractivity contribution in [3.63, 3.8) is 0 Å². The minimum atomic E-state index is -0.0405. The number of hydrogen-bond donors (Lipinski definition) is 0. The van der Waals surface area contributed by atoms with Crippen LogP contribution in [0.4, 0.5) is 0 Å². The van der Waals surface area contributed by atoms with Crippen LogP contribution in [0.25, 0.3) is 0 Å². The van der Waals surface area contributed by atoms with E-state index < -0.39 is 0 Å². The Bertz CT molecular complexity index is 1060. The van der Waals surface area contributed by atoms with Gasteiger partial charge in [0.05, 0.1) is 12.2 Å². The second-order valence-corrected chi connectivity index (χ2v) is 10.0. The molecule has 8 heteroatoms. The van der Waals surface area contributed by atoms with Crippen LogP contribution in [0, 0.1) is 0 Å². The van der Waals surface area contributed by atoms with Gasteiger partial charge in [-0.3, -0.25) is 14.3 Å². The van der Waals surface area contributed by atoms with Crippen molar-refractivity contribution in [3.8, 4) is 0 Å². The molecular formula is C25H31ClN4O3. The Labute approximate surface area is 199 Å². The molecule has 3 atom stereocenters. The summed E-state index contributed by atoms with van der Waals surface area (Å²) in [5.74, 6) is 0.268. The van der Waals surface area contributed by atoms with Gasteiger partial charge in [-0.2, -0.15) is 5.10 Å². The molecule has 2 saturated heterocycles. The number of amides is 2. The summed E-state index contributed by atoms with van der Waals surface area (Å²) in [7, 11) is 0. The molecule has 0 saturated carbocycles. The van der Waals surface area contributed by atoms with E-state index >= 15 is 0 Å². The van der Waals surface area contributed by atoms with Crippen LogP contribution >= 0.6 is 11.6 Å². The number of benzene rings is 1. The molecule has 33 heavy (non-hydrogen) atoms. The maximum atomic E-state index is 13.3. The Morgan fingerprint density at radius 2 is 1.85 bits per heavy atom. The third kappa shape index (κ3) is 4.41. The fraction of sp³-hybridized carbons (Fsp3) is 0.560. The lowest BCUT2D eigenvalue weighted by molar-refractivity contribution is -0.131. The summed E-state index contributed by atoms with van der Waals surface area (Å²) in [6, 6.07) is 7.88. The lowest BCUT2D eigenvalue weighted by Gasteiger charge is -2.35. The van der Waals surface area contributed by atoms with Crippen LogP contribution in [0.2, 0.25) is 5.02 Å². The Morgan fingerprint density at radius 1 is 1.09 bits per heavy atom. The van der Waals surface area contributed by atoms with Crippen molar-refractivity contribution < 1.29 is 14.3 Å². The van der Waals surface area contributed by atoms with Crippen LogP contribution in [0.15, 0.2) is 24.3 Å². The minimum Gasteiger partial charge on any atom is -0.372 e. The van der Waals surface area contributed by atoms with Crippen molar-refractivity contribution in [2.24, 2.45) is 0 Å². The van der Waals surface area contributed by atoms with Crippen molar-refractivity contribution in [2.45, 2.75) is 64.2 Å². The largest absolute Gasteiger partial charge is 0.372 e. The van der Waals surface area contributed by atoms with Gasteiger partial charge in [0.15, 0.2) is 5.69 Å². The van der Waals surface area contributed by atoms with Gasteiger partial charge in [-0.1, -0.05) is 29.8 Å². The van der Waals surface area contributed by atoms with Gasteiger partial charge in [0, 0.05) is 48.4 Å². The van der Waals surface area contributed by atoms with Gasteiger partial charge < -0.3 is 14.5 Å². The number of rotatable bonds is 4. The Morgan fingerprint density at radius 3 is 2.61 bits per heavy atom. The number of likely N-dealkylation sites (tertiary alicyclic amines) is 1. The molecule has 1 aromatic heterocycles. The number of halogens is 1. The van der Waals surface area contributed by atoms with Crippen LogP contribution in [0.1, 0.15) is 59.9 Å². The number of hydrogen-bond acceptors (Lipinski definition) is 4. The molecule has 0 radical (unpaired) electrons. The first kappa shape index (κ1) is 22.4. The molecule has 5 rings (SSSR count). The van der Waals surface area contributed by atoms with Crippen LogP contribution in [-0.4, -0.2) is 69.8 Å². The van der Waals surface area contributed by atoms with E-state index in [1.165, 1.54) is 0 Å². The summed E-state index contributed by atoms with van der Waals surface area (Å²) in [6.07, 6.45) is 3.63.